The average molecular weight is 311 g/mol. The molecule has 23 heavy (non-hydrogen) atoms. The van der Waals surface area contributed by atoms with Crippen LogP contribution in [-0.2, 0) is 11.2 Å². The van der Waals surface area contributed by atoms with Gasteiger partial charge in [0.1, 0.15) is 5.82 Å². The quantitative estimate of drug-likeness (QED) is 0.802. The number of nitrogens with zero attached hydrogens (tertiary/aromatic N) is 2. The fraction of sp³-hybridized carbons (Fsp3) is 0.118. The van der Waals surface area contributed by atoms with Crippen molar-refractivity contribution in [3.05, 3.63) is 65.8 Å². The van der Waals surface area contributed by atoms with Crippen LogP contribution >= 0.6 is 0 Å². The summed E-state index contributed by atoms with van der Waals surface area (Å²) < 4.78 is 18.2. The Morgan fingerprint density at radius 2 is 1.96 bits per heavy atom. The van der Waals surface area contributed by atoms with Crippen LogP contribution in [-0.4, -0.2) is 16.1 Å². The molecule has 0 radical (unpaired) electrons. The number of anilines is 1. The number of hydrogen-bond donors (Lipinski definition) is 1. The van der Waals surface area contributed by atoms with E-state index in [1.165, 1.54) is 12.1 Å². The highest BCUT2D eigenvalue weighted by Crippen LogP contribution is 2.21. The molecule has 6 heteroatoms. The van der Waals surface area contributed by atoms with Gasteiger partial charge in [-0.05, 0) is 35.9 Å². The molecule has 1 N–H and O–H groups in total. The van der Waals surface area contributed by atoms with Crippen LogP contribution in [0.4, 0.5) is 10.1 Å². The molecule has 0 aliphatic heterocycles. The van der Waals surface area contributed by atoms with Gasteiger partial charge < -0.3 is 9.73 Å². The highest BCUT2D eigenvalue weighted by molar-refractivity contribution is 5.92. The predicted molar refractivity (Wildman–Crippen MR) is 83.2 cm³/mol. The minimum Gasteiger partial charge on any atom is -0.421 e. The first kappa shape index (κ1) is 14.9. The van der Waals surface area contributed by atoms with Crippen molar-refractivity contribution >= 4 is 11.6 Å². The predicted octanol–water partition coefficient (Wildman–Crippen LogP) is 3.37. The summed E-state index contributed by atoms with van der Waals surface area (Å²) in [6, 6.07) is 13.0. The van der Waals surface area contributed by atoms with E-state index in [0.29, 0.717) is 17.5 Å². The molecule has 0 saturated heterocycles. The minimum atomic E-state index is -0.322. The molecule has 5 nitrogen and oxygen atoms in total. The van der Waals surface area contributed by atoms with Crippen molar-refractivity contribution in [1.82, 2.24) is 10.2 Å². The first-order valence-corrected chi connectivity index (χ1v) is 7.05. The maximum Gasteiger partial charge on any atom is 0.247 e. The van der Waals surface area contributed by atoms with Crippen molar-refractivity contribution in [3.63, 3.8) is 0 Å². The third kappa shape index (κ3) is 3.79. The lowest BCUT2D eigenvalue weighted by molar-refractivity contribution is -0.115. The largest absolute Gasteiger partial charge is 0.421 e. The average Bonchev–Trinajstić information content (AvgIpc) is 2.96. The van der Waals surface area contributed by atoms with Gasteiger partial charge in [-0.15, -0.1) is 10.2 Å². The van der Waals surface area contributed by atoms with E-state index in [4.69, 9.17) is 4.42 Å². The van der Waals surface area contributed by atoms with Crippen LogP contribution in [0.25, 0.3) is 11.5 Å². The Balaban J connectivity index is 1.70. The monoisotopic (exact) mass is 311 g/mol. The molecular weight excluding hydrogens is 297 g/mol. The molecule has 0 spiro atoms. The summed E-state index contributed by atoms with van der Waals surface area (Å²) in [5, 5.41) is 10.5. The van der Waals surface area contributed by atoms with Crippen LogP contribution in [0.5, 0.6) is 0 Å². The lowest BCUT2D eigenvalue weighted by Gasteiger charge is -2.06. The molecular formula is C17H14FN3O2. The standard InChI is InChI=1S/C17H14FN3O2/c1-11-20-21-17(23-11)13-3-2-4-15(10-13)19-16(22)9-12-5-7-14(18)8-6-12/h2-8,10H,9H2,1H3,(H,19,22). The molecule has 0 fully saturated rings. The van der Waals surface area contributed by atoms with Gasteiger partial charge in [-0.3, -0.25) is 4.79 Å². The Morgan fingerprint density at radius 3 is 2.65 bits per heavy atom. The van der Waals surface area contributed by atoms with Gasteiger partial charge in [0, 0.05) is 18.2 Å². The topological polar surface area (TPSA) is 68.0 Å². The summed E-state index contributed by atoms with van der Waals surface area (Å²) in [6.45, 7) is 1.71. The SMILES string of the molecule is Cc1nnc(-c2cccc(NC(=O)Cc3ccc(F)cc3)c2)o1. The van der Waals surface area contributed by atoms with Crippen LogP contribution < -0.4 is 5.32 Å². The van der Waals surface area contributed by atoms with Crippen LogP contribution in [0.2, 0.25) is 0 Å². The van der Waals surface area contributed by atoms with Crippen molar-refractivity contribution in [1.29, 1.82) is 0 Å². The highest BCUT2D eigenvalue weighted by atomic mass is 19.1. The third-order valence-electron chi connectivity index (χ3n) is 3.20. The molecule has 116 valence electrons. The van der Waals surface area contributed by atoms with Crippen molar-refractivity contribution < 1.29 is 13.6 Å². The summed E-state index contributed by atoms with van der Waals surface area (Å²) in [5.41, 5.74) is 2.10. The zero-order valence-corrected chi connectivity index (χ0v) is 12.4. The van der Waals surface area contributed by atoms with Crippen LogP contribution in [0.15, 0.2) is 52.9 Å². The third-order valence-corrected chi connectivity index (χ3v) is 3.20. The van der Waals surface area contributed by atoms with E-state index in [0.717, 1.165) is 11.1 Å². The van der Waals surface area contributed by atoms with E-state index in [9.17, 15) is 9.18 Å². The molecule has 0 unspecified atom stereocenters. The molecule has 1 heterocycles. The number of rotatable bonds is 4. The fourth-order valence-corrected chi connectivity index (χ4v) is 2.14. The Labute approximate surface area is 132 Å². The lowest BCUT2D eigenvalue weighted by atomic mass is 10.1. The minimum absolute atomic E-state index is 0.171. The van der Waals surface area contributed by atoms with E-state index < -0.39 is 0 Å². The van der Waals surface area contributed by atoms with Gasteiger partial charge in [0.15, 0.2) is 0 Å². The van der Waals surface area contributed by atoms with Gasteiger partial charge in [0.2, 0.25) is 17.7 Å². The van der Waals surface area contributed by atoms with Crippen LogP contribution in [0.3, 0.4) is 0 Å². The fourth-order valence-electron chi connectivity index (χ4n) is 2.14. The summed E-state index contributed by atoms with van der Waals surface area (Å²) in [6.07, 6.45) is 0.171. The van der Waals surface area contributed by atoms with Crippen molar-refractivity contribution in [2.75, 3.05) is 5.32 Å². The molecule has 3 aromatic rings. The second-order valence-corrected chi connectivity index (χ2v) is 5.06. The van der Waals surface area contributed by atoms with Crippen molar-refractivity contribution in [2.45, 2.75) is 13.3 Å². The van der Waals surface area contributed by atoms with Crippen LogP contribution in [0, 0.1) is 12.7 Å². The normalized spacial score (nSPS) is 10.5. The molecule has 0 atom stereocenters. The van der Waals surface area contributed by atoms with E-state index in [1.54, 1.807) is 37.3 Å². The highest BCUT2D eigenvalue weighted by Gasteiger charge is 2.09. The summed E-state index contributed by atoms with van der Waals surface area (Å²) >= 11 is 0. The van der Waals surface area contributed by atoms with Gasteiger partial charge in [-0.1, -0.05) is 18.2 Å². The van der Waals surface area contributed by atoms with E-state index in [2.05, 4.69) is 15.5 Å². The number of carbonyl (C=O) groups excluding carboxylic acids is 1. The molecule has 1 aromatic heterocycles. The Hall–Kier alpha value is -3.02. The zero-order chi connectivity index (χ0) is 16.2. The Morgan fingerprint density at radius 1 is 1.17 bits per heavy atom. The summed E-state index contributed by atoms with van der Waals surface area (Å²) in [4.78, 5) is 12.1. The molecule has 1 amide bonds. The van der Waals surface area contributed by atoms with E-state index >= 15 is 0 Å². The smallest absolute Gasteiger partial charge is 0.247 e. The number of benzene rings is 2. The number of hydrogen-bond acceptors (Lipinski definition) is 4. The van der Waals surface area contributed by atoms with Crippen molar-refractivity contribution in [3.8, 4) is 11.5 Å². The Bertz CT molecular complexity index is 828. The molecule has 0 saturated carbocycles. The maximum absolute atomic E-state index is 12.9. The second kappa shape index (κ2) is 6.39. The van der Waals surface area contributed by atoms with E-state index in [1.807, 2.05) is 6.07 Å². The first-order chi connectivity index (χ1) is 11.1. The van der Waals surface area contributed by atoms with E-state index in [-0.39, 0.29) is 18.1 Å². The molecule has 0 aliphatic rings. The van der Waals surface area contributed by atoms with Gasteiger partial charge in [-0.2, -0.15) is 0 Å². The van der Waals surface area contributed by atoms with Gasteiger partial charge >= 0.3 is 0 Å². The molecule has 0 aliphatic carbocycles. The van der Waals surface area contributed by atoms with Gasteiger partial charge in [-0.25, -0.2) is 4.39 Å². The number of aromatic nitrogens is 2. The number of carbonyl (C=O) groups is 1. The van der Waals surface area contributed by atoms with Crippen molar-refractivity contribution in [2.24, 2.45) is 0 Å². The maximum atomic E-state index is 12.9. The Kier molecular flexibility index (Phi) is 4.14. The summed E-state index contributed by atoms with van der Waals surface area (Å²) in [7, 11) is 0. The zero-order valence-electron chi connectivity index (χ0n) is 12.4. The van der Waals surface area contributed by atoms with Gasteiger partial charge in [0.25, 0.3) is 0 Å². The number of nitrogens with one attached hydrogen (secondary N) is 1. The lowest BCUT2D eigenvalue weighted by Crippen LogP contribution is -2.14. The molecule has 3 rings (SSSR count). The number of amides is 1. The van der Waals surface area contributed by atoms with Crippen LogP contribution in [0.1, 0.15) is 11.5 Å². The second-order valence-electron chi connectivity index (χ2n) is 5.06. The molecule has 2 aromatic carbocycles. The number of aryl methyl sites for hydroxylation is 1. The van der Waals surface area contributed by atoms with Gasteiger partial charge in [0.05, 0.1) is 6.42 Å². The number of halogens is 1. The first-order valence-electron chi connectivity index (χ1n) is 7.05. The summed E-state index contributed by atoms with van der Waals surface area (Å²) in [5.74, 6) is 0.370. The molecule has 0 bridgehead atoms.